The second-order valence-corrected chi connectivity index (χ2v) is 18.9. The summed E-state index contributed by atoms with van der Waals surface area (Å²) < 4.78 is 19.8. The van der Waals surface area contributed by atoms with Crippen LogP contribution in [0.15, 0.2) is 67.0 Å². The molecule has 0 bridgehead atoms. The number of H-pyrrole nitrogens is 2. The van der Waals surface area contributed by atoms with E-state index in [1.807, 2.05) is 19.9 Å². The number of aliphatic hydroxyl groups excluding tert-OH is 2. The molecule has 0 aliphatic carbocycles. The number of fused-ring (bicyclic) bond motifs is 2. The molecule has 6 N–H and O–H groups in total. The molecule has 0 radical (unpaired) electrons. The van der Waals surface area contributed by atoms with Crippen molar-refractivity contribution in [2.45, 2.75) is 135 Å². The molecule has 19 heteroatoms. The first-order chi connectivity index (χ1) is 34.5. The fourth-order valence-corrected chi connectivity index (χ4v) is 9.56. The van der Waals surface area contributed by atoms with Gasteiger partial charge in [-0.2, -0.15) is 0 Å². The number of carbonyl (C=O) groups excluding carboxylic acids is 4. The molecule has 8 atom stereocenters. The number of hydrogen-bond donors (Lipinski definition) is 6. The number of nitrogens with zero attached hydrogens (tertiary/aromatic N) is 5. The molecule has 0 saturated carbocycles. The van der Waals surface area contributed by atoms with Gasteiger partial charge in [0, 0.05) is 53.1 Å². The van der Waals surface area contributed by atoms with Gasteiger partial charge in [-0.1, -0.05) is 58.9 Å². The number of hydrogen-bond acceptors (Lipinski definition) is 13. The number of aromatic nitrogens is 4. The van der Waals surface area contributed by atoms with E-state index in [9.17, 15) is 24.3 Å². The number of amides is 4. The van der Waals surface area contributed by atoms with Crippen LogP contribution in [-0.2, 0) is 34.0 Å². The van der Waals surface area contributed by atoms with Crippen LogP contribution in [0.3, 0.4) is 0 Å². The Hall–Kier alpha value is -6.28. The van der Waals surface area contributed by atoms with E-state index >= 15 is 0 Å². The minimum absolute atomic E-state index is 0.0493. The number of anilines is 1. The minimum atomic E-state index is -1.00. The fraction of sp³-hybridized carbons (Fsp3) is 0.547. The molecule has 72 heavy (non-hydrogen) atoms. The molecule has 3 fully saturated rings. The van der Waals surface area contributed by atoms with E-state index < -0.39 is 42.5 Å². The van der Waals surface area contributed by atoms with Crippen LogP contribution in [0.4, 0.5) is 15.3 Å². The smallest absolute Gasteiger partial charge is 0.407 e. The Morgan fingerprint density at radius 2 is 1.26 bits per heavy atom. The molecule has 3 aliphatic rings. The first kappa shape index (κ1) is 56.6. The van der Waals surface area contributed by atoms with Gasteiger partial charge in [0.25, 0.3) is 0 Å². The molecule has 5 heterocycles. The van der Waals surface area contributed by atoms with E-state index in [0.29, 0.717) is 12.2 Å². The molecule has 4 amide bonds. The number of nitrogens with one attached hydrogen (secondary N) is 4. The quantitative estimate of drug-likeness (QED) is 0.0725. The van der Waals surface area contributed by atoms with Crippen molar-refractivity contribution in [3.05, 3.63) is 89.5 Å². The topological polar surface area (TPSA) is 237 Å². The van der Waals surface area contributed by atoms with E-state index in [1.165, 1.54) is 50.8 Å². The number of ether oxygens (including phenoxy) is 4. The number of methoxy groups -OCH3 is 4. The molecular weight excluding hydrogens is 923 g/mol. The monoisotopic (exact) mass is 1000 g/mol. The van der Waals surface area contributed by atoms with Gasteiger partial charge in [0.1, 0.15) is 17.9 Å². The molecule has 3 aromatic carbocycles. The molecule has 8 rings (SSSR count). The number of imidazole rings is 2. The summed E-state index contributed by atoms with van der Waals surface area (Å²) in [6, 6.07) is 19.9. The van der Waals surface area contributed by atoms with Crippen molar-refractivity contribution in [3.8, 4) is 0 Å². The minimum Gasteiger partial charge on any atom is -0.453 e. The van der Waals surface area contributed by atoms with Crippen molar-refractivity contribution in [1.82, 2.24) is 40.4 Å². The number of aromatic amines is 2. The number of carbonyl (C=O) groups is 4. The van der Waals surface area contributed by atoms with Crippen molar-refractivity contribution in [2.75, 3.05) is 60.1 Å². The predicted molar refractivity (Wildman–Crippen MR) is 277 cm³/mol. The lowest BCUT2D eigenvalue weighted by atomic mass is 9.87. The molecule has 3 saturated heterocycles. The van der Waals surface area contributed by atoms with Crippen molar-refractivity contribution < 1.29 is 48.3 Å². The zero-order chi connectivity index (χ0) is 52.9. The molecule has 394 valence electrons. The van der Waals surface area contributed by atoms with Crippen LogP contribution in [0.5, 0.6) is 0 Å². The molecule has 2 aromatic heterocycles. The maximum absolute atomic E-state index is 13.8. The third-order valence-electron chi connectivity index (χ3n) is 13.6. The maximum atomic E-state index is 13.8. The third-order valence-corrected chi connectivity index (χ3v) is 13.6. The summed E-state index contributed by atoms with van der Waals surface area (Å²) in [5, 5.41) is 22.8. The Bertz CT molecular complexity index is 2540. The highest BCUT2D eigenvalue weighted by molar-refractivity contribution is 5.88. The number of likely N-dealkylation sites (tertiary alicyclic amines) is 2. The number of alkyl carbamates (subject to hydrolysis) is 2. The molecule has 0 unspecified atom stereocenters. The summed E-state index contributed by atoms with van der Waals surface area (Å²) in [5.74, 6) is 0.0962. The summed E-state index contributed by atoms with van der Waals surface area (Å²) in [6.07, 6.45) is 2.91. The first-order valence-corrected chi connectivity index (χ1v) is 24.8. The Morgan fingerprint density at radius 1 is 0.736 bits per heavy atom. The Balaban J connectivity index is 0.000000387. The van der Waals surface area contributed by atoms with Gasteiger partial charge in [-0.15, -0.1) is 0 Å². The lowest BCUT2D eigenvalue weighted by molar-refractivity contribution is -0.138. The lowest BCUT2D eigenvalue weighted by Crippen LogP contribution is -2.54. The van der Waals surface area contributed by atoms with Crippen LogP contribution in [0, 0.1) is 0 Å². The standard InChI is InChI=1S/C39H47N7O5.C11H20N2O4.C2H6.CH4O/c1-22(50-5)35(44-38(49)51-6)37(48)45-20-27(47)19-34(45)36-42-29-14-8-24(18-31(29)43-36)33-16-15-32(23-7-13-28-30(17-23)41-21-40-28)46(33)26-11-9-25(10-12-26)39(2,3)4;1-8(16-2)9(12-11(15)17-3)10(14)13-6-4-5-7-13;2*1-2/h7-14,17-18,21-22,27,32-35,47H,15-16,19-20H2,1-6H3,(H,40,41)(H,42,43)(H,44,49);8-9H,4-7H2,1-3H3,(H,12,15);1-2H3;2H,1H3/t22-,27+,32-,33-,34+,35+;8-,9+;;/m11../s1. The number of β-amino-alcohol motifs (C(OH)–C–C–N with tert-alkyl or cyclic N) is 1. The van der Waals surface area contributed by atoms with Gasteiger partial charge in [-0.05, 0) is 98.0 Å². The van der Waals surface area contributed by atoms with Gasteiger partial charge in [-0.3, -0.25) is 9.59 Å². The van der Waals surface area contributed by atoms with Crippen molar-refractivity contribution >= 4 is 51.8 Å². The fourth-order valence-electron chi connectivity index (χ4n) is 9.56. The number of benzene rings is 3. The number of aliphatic hydroxyl groups is 2. The van der Waals surface area contributed by atoms with Crippen LogP contribution in [0.25, 0.3) is 22.1 Å². The maximum Gasteiger partial charge on any atom is 0.407 e. The highest BCUT2D eigenvalue weighted by Crippen LogP contribution is 2.48. The molecule has 0 spiro atoms. The highest BCUT2D eigenvalue weighted by Gasteiger charge is 2.42. The van der Waals surface area contributed by atoms with Crippen LogP contribution in [0.1, 0.15) is 121 Å². The van der Waals surface area contributed by atoms with E-state index in [-0.39, 0.29) is 42.0 Å². The van der Waals surface area contributed by atoms with Gasteiger partial charge >= 0.3 is 12.2 Å². The summed E-state index contributed by atoms with van der Waals surface area (Å²) in [6.45, 7) is 15.7. The molecule has 19 nitrogen and oxygen atoms in total. The molecule has 3 aliphatic heterocycles. The van der Waals surface area contributed by atoms with Crippen LogP contribution >= 0.6 is 0 Å². The summed E-state index contributed by atoms with van der Waals surface area (Å²) in [4.78, 5) is 71.3. The van der Waals surface area contributed by atoms with Crippen molar-refractivity contribution in [2.24, 2.45) is 0 Å². The largest absolute Gasteiger partial charge is 0.453 e. The summed E-state index contributed by atoms with van der Waals surface area (Å²) >= 11 is 0. The summed E-state index contributed by atoms with van der Waals surface area (Å²) in [7, 11) is 6.49. The highest BCUT2D eigenvalue weighted by atomic mass is 16.5. The average Bonchev–Trinajstić information content (AvgIpc) is 4.27. The van der Waals surface area contributed by atoms with Crippen molar-refractivity contribution in [1.29, 1.82) is 0 Å². The van der Waals surface area contributed by atoms with Gasteiger partial charge in [0.05, 0.1) is 79.1 Å². The van der Waals surface area contributed by atoms with Gasteiger partial charge < -0.3 is 64.5 Å². The van der Waals surface area contributed by atoms with Crippen molar-refractivity contribution in [3.63, 3.8) is 0 Å². The third kappa shape index (κ3) is 13.2. The first-order valence-electron chi connectivity index (χ1n) is 24.8. The zero-order valence-electron chi connectivity index (χ0n) is 44.0. The average molecular weight is 1000 g/mol. The van der Waals surface area contributed by atoms with E-state index in [0.717, 1.165) is 67.9 Å². The van der Waals surface area contributed by atoms with E-state index in [4.69, 9.17) is 24.3 Å². The zero-order valence-corrected chi connectivity index (χ0v) is 44.0. The van der Waals surface area contributed by atoms with Gasteiger partial charge in [-0.25, -0.2) is 19.6 Å². The van der Waals surface area contributed by atoms with E-state index in [2.05, 4.69) is 111 Å². The SMILES string of the molecule is CC.CO.COC(=O)N[C@H](C(=O)N1CCCC1)[C@@H](C)OC.COC(=O)N[C@H](C(=O)N1C[C@@H](O)C[C@H]1c1nc2ccc([C@H]3CC[C@H](c4ccc5nc[nH]c5c4)N3c3ccc(C(C)(C)C)cc3)cc2[nH]1)[C@@H](C)OC. The molecule has 5 aromatic rings. The molecular formula is C53H77N9O10. The predicted octanol–water partition coefficient (Wildman–Crippen LogP) is 7.22. The van der Waals surface area contributed by atoms with E-state index in [1.54, 1.807) is 30.0 Å². The second kappa shape index (κ2) is 25.9. The van der Waals surface area contributed by atoms with Gasteiger partial charge in [0.2, 0.25) is 11.8 Å². The number of rotatable bonds is 12. The lowest BCUT2D eigenvalue weighted by Gasteiger charge is -2.34. The normalized spacial score (nSPS) is 20.2. The Morgan fingerprint density at radius 3 is 1.79 bits per heavy atom. The second-order valence-electron chi connectivity index (χ2n) is 18.9. The van der Waals surface area contributed by atoms with Gasteiger partial charge in [0.15, 0.2) is 0 Å². The summed E-state index contributed by atoms with van der Waals surface area (Å²) in [5.41, 5.74) is 8.52. The Labute approximate surface area is 423 Å². The van der Waals surface area contributed by atoms with Crippen LogP contribution in [-0.4, -0.2) is 150 Å². The van der Waals surface area contributed by atoms with Crippen LogP contribution < -0.4 is 15.5 Å². The van der Waals surface area contributed by atoms with Crippen LogP contribution in [0.2, 0.25) is 0 Å². The Kier molecular flexibility index (Phi) is 20.4.